The van der Waals surface area contributed by atoms with E-state index in [1.54, 1.807) is 0 Å². The molecule has 1 atom stereocenters. The van der Waals surface area contributed by atoms with Crippen molar-refractivity contribution in [1.29, 1.82) is 0 Å². The van der Waals surface area contributed by atoms with Gasteiger partial charge in [0.05, 0.1) is 35.2 Å². The fourth-order valence-corrected chi connectivity index (χ4v) is 5.23. The third kappa shape index (κ3) is 3.20. The lowest BCUT2D eigenvalue weighted by Crippen LogP contribution is -2.48. The molecule has 3 aliphatic rings. The molecule has 2 aliphatic carbocycles. The molecule has 2 fully saturated rings. The summed E-state index contributed by atoms with van der Waals surface area (Å²) in [6, 6.07) is 4.25. The van der Waals surface area contributed by atoms with E-state index in [-0.39, 0.29) is 11.9 Å². The zero-order valence-corrected chi connectivity index (χ0v) is 18.9. The fraction of sp³-hybridized carbons (Fsp3) is 0.500. The number of aromatic amines is 1. The normalized spacial score (nSPS) is 20.3. The lowest BCUT2D eigenvalue weighted by molar-refractivity contribution is 0.0935. The maximum atomic E-state index is 13.0. The molecule has 3 aromatic rings. The molecular weight excluding hydrogens is 402 g/mol. The number of anilines is 1. The Hall–Kier alpha value is -3.16. The van der Waals surface area contributed by atoms with Crippen LogP contribution in [-0.4, -0.2) is 44.0 Å². The third-order valence-corrected chi connectivity index (χ3v) is 7.48. The van der Waals surface area contributed by atoms with Gasteiger partial charge in [-0.25, -0.2) is 4.98 Å². The molecule has 1 saturated heterocycles. The molecule has 4 heterocycles. The van der Waals surface area contributed by atoms with Crippen molar-refractivity contribution in [2.75, 3.05) is 18.0 Å². The van der Waals surface area contributed by atoms with Gasteiger partial charge >= 0.3 is 0 Å². The molecule has 1 amide bonds. The average Bonchev–Trinajstić information content (AvgIpc) is 3.13. The summed E-state index contributed by atoms with van der Waals surface area (Å²) in [7, 11) is 0. The van der Waals surface area contributed by atoms with Gasteiger partial charge in [0.25, 0.3) is 5.91 Å². The number of carbonyl (C=O) groups excluding carboxylic acids is 1. The third-order valence-electron chi connectivity index (χ3n) is 7.48. The van der Waals surface area contributed by atoms with Crippen LogP contribution in [-0.2, 0) is 13.0 Å². The van der Waals surface area contributed by atoms with Crippen LogP contribution in [0.5, 0.6) is 0 Å². The predicted octanol–water partition coefficient (Wildman–Crippen LogP) is 2.99. The first-order valence-electron chi connectivity index (χ1n) is 11.5. The molecule has 0 unspecified atom stereocenters. The van der Waals surface area contributed by atoms with Crippen molar-refractivity contribution in [3.05, 3.63) is 57.8 Å². The van der Waals surface area contributed by atoms with E-state index in [0.29, 0.717) is 17.5 Å². The topological polar surface area (TPSA) is 91.7 Å². The number of aromatic nitrogens is 5. The highest BCUT2D eigenvalue weighted by Crippen LogP contribution is 2.53. The highest BCUT2D eigenvalue weighted by molar-refractivity contribution is 5.95. The van der Waals surface area contributed by atoms with Crippen molar-refractivity contribution in [2.45, 2.75) is 59.0 Å². The van der Waals surface area contributed by atoms with Crippen LogP contribution in [0.15, 0.2) is 18.3 Å². The van der Waals surface area contributed by atoms with E-state index in [2.05, 4.69) is 44.6 Å². The Morgan fingerprint density at radius 1 is 1.19 bits per heavy atom. The first kappa shape index (κ1) is 19.5. The molecule has 3 aromatic heterocycles. The van der Waals surface area contributed by atoms with Gasteiger partial charge in [-0.3, -0.25) is 14.6 Å². The summed E-state index contributed by atoms with van der Waals surface area (Å²) in [6.07, 6.45) is 6.44. The Balaban J connectivity index is 1.14. The number of fused-ring (bicyclic) bond motifs is 1. The standard InChI is InChI=1S/C24H29N7O/c1-14-17(4-7-21(25-14)30-12-24(13-30)8-9-24)10-31-11-19(16(3)29-31)23(32)26-20-6-5-18-15(2)27-28-22(18)20/h4,7,11,20H,5-6,8-10,12-13H2,1-3H3,(H,26,32)(H,27,28)/t20-/m1/s1. The molecule has 0 aromatic carbocycles. The Labute approximate surface area is 187 Å². The highest BCUT2D eigenvalue weighted by Gasteiger charge is 2.52. The summed E-state index contributed by atoms with van der Waals surface area (Å²) >= 11 is 0. The molecule has 0 bridgehead atoms. The van der Waals surface area contributed by atoms with Crippen LogP contribution in [0.1, 0.15) is 69.6 Å². The molecular formula is C24H29N7O. The summed E-state index contributed by atoms with van der Waals surface area (Å²) < 4.78 is 1.84. The molecule has 8 heteroatoms. The lowest BCUT2D eigenvalue weighted by Gasteiger charge is -2.41. The van der Waals surface area contributed by atoms with Crippen LogP contribution in [0.25, 0.3) is 0 Å². The minimum atomic E-state index is -0.0872. The minimum absolute atomic E-state index is 0.0169. The molecule has 1 aliphatic heterocycles. The Morgan fingerprint density at radius 2 is 2.00 bits per heavy atom. The van der Waals surface area contributed by atoms with E-state index in [0.717, 1.165) is 60.1 Å². The summed E-state index contributed by atoms with van der Waals surface area (Å²) in [5, 5.41) is 15.1. The number of hydrogen-bond donors (Lipinski definition) is 2. The number of H-pyrrole nitrogens is 1. The highest BCUT2D eigenvalue weighted by atomic mass is 16.1. The zero-order valence-electron chi connectivity index (χ0n) is 18.9. The molecule has 2 N–H and O–H groups in total. The van der Waals surface area contributed by atoms with Crippen molar-refractivity contribution in [3.8, 4) is 0 Å². The van der Waals surface area contributed by atoms with Crippen molar-refractivity contribution in [1.82, 2.24) is 30.3 Å². The van der Waals surface area contributed by atoms with Crippen LogP contribution in [0.2, 0.25) is 0 Å². The van der Waals surface area contributed by atoms with Gasteiger partial charge in [-0.2, -0.15) is 10.2 Å². The SMILES string of the molecule is Cc1nc(N2CC3(CC3)C2)ccc1Cn1cc(C(=O)N[C@@H]2CCc3c(C)n[nH]c32)c(C)n1. The van der Waals surface area contributed by atoms with E-state index < -0.39 is 0 Å². The fourth-order valence-electron chi connectivity index (χ4n) is 5.23. The van der Waals surface area contributed by atoms with Gasteiger partial charge in [0.1, 0.15) is 5.82 Å². The van der Waals surface area contributed by atoms with Gasteiger partial charge in [-0.1, -0.05) is 6.07 Å². The van der Waals surface area contributed by atoms with E-state index in [9.17, 15) is 4.79 Å². The molecule has 166 valence electrons. The maximum Gasteiger partial charge on any atom is 0.255 e. The number of rotatable bonds is 5. The van der Waals surface area contributed by atoms with Crippen molar-refractivity contribution in [3.63, 3.8) is 0 Å². The van der Waals surface area contributed by atoms with Crippen LogP contribution in [0.3, 0.4) is 0 Å². The first-order chi connectivity index (χ1) is 15.4. The van der Waals surface area contributed by atoms with E-state index in [4.69, 9.17) is 4.98 Å². The quantitative estimate of drug-likeness (QED) is 0.648. The molecule has 32 heavy (non-hydrogen) atoms. The summed E-state index contributed by atoms with van der Waals surface area (Å²) in [5.41, 5.74) is 7.42. The van der Waals surface area contributed by atoms with Gasteiger partial charge in [-0.15, -0.1) is 0 Å². The lowest BCUT2D eigenvalue weighted by atomic mass is 9.97. The maximum absolute atomic E-state index is 13.0. The zero-order chi connectivity index (χ0) is 22.0. The number of nitrogens with one attached hydrogen (secondary N) is 2. The second-order valence-electron chi connectivity index (χ2n) is 9.86. The largest absolute Gasteiger partial charge is 0.355 e. The summed E-state index contributed by atoms with van der Waals surface area (Å²) in [5.74, 6) is 0.987. The van der Waals surface area contributed by atoms with Crippen molar-refractivity contribution in [2.24, 2.45) is 5.41 Å². The number of pyridine rings is 1. The Bertz CT molecular complexity index is 1210. The number of hydrogen-bond acceptors (Lipinski definition) is 5. The van der Waals surface area contributed by atoms with Gasteiger partial charge in [0.15, 0.2) is 0 Å². The van der Waals surface area contributed by atoms with Gasteiger partial charge in [-0.05, 0) is 63.6 Å². The monoisotopic (exact) mass is 431 g/mol. The van der Waals surface area contributed by atoms with Gasteiger partial charge < -0.3 is 10.2 Å². The second-order valence-corrected chi connectivity index (χ2v) is 9.86. The van der Waals surface area contributed by atoms with E-state index in [1.165, 1.54) is 18.4 Å². The molecule has 6 rings (SSSR count). The van der Waals surface area contributed by atoms with Crippen LogP contribution in [0.4, 0.5) is 5.82 Å². The van der Waals surface area contributed by atoms with E-state index in [1.807, 2.05) is 24.7 Å². The summed E-state index contributed by atoms with van der Waals surface area (Å²) in [6.45, 7) is 8.85. The Kier molecular flexibility index (Phi) is 4.22. The van der Waals surface area contributed by atoms with Crippen molar-refractivity contribution < 1.29 is 4.79 Å². The number of amides is 1. The smallest absolute Gasteiger partial charge is 0.255 e. The van der Waals surface area contributed by atoms with E-state index >= 15 is 0 Å². The second kappa shape index (κ2) is 6.92. The van der Waals surface area contributed by atoms with Crippen LogP contribution >= 0.6 is 0 Å². The first-order valence-corrected chi connectivity index (χ1v) is 11.5. The Morgan fingerprint density at radius 3 is 2.75 bits per heavy atom. The van der Waals surface area contributed by atoms with Crippen LogP contribution < -0.4 is 10.2 Å². The molecule has 0 radical (unpaired) electrons. The minimum Gasteiger partial charge on any atom is -0.355 e. The molecule has 1 saturated carbocycles. The molecule has 1 spiro atoms. The predicted molar refractivity (Wildman–Crippen MR) is 121 cm³/mol. The summed E-state index contributed by atoms with van der Waals surface area (Å²) in [4.78, 5) is 20.2. The van der Waals surface area contributed by atoms with Crippen LogP contribution in [0, 0.1) is 26.2 Å². The van der Waals surface area contributed by atoms with Gasteiger partial charge in [0, 0.05) is 30.4 Å². The number of carbonyl (C=O) groups is 1. The average molecular weight is 432 g/mol. The van der Waals surface area contributed by atoms with Crippen molar-refractivity contribution >= 4 is 11.7 Å². The van der Waals surface area contributed by atoms with Gasteiger partial charge in [0.2, 0.25) is 0 Å². The number of nitrogens with zero attached hydrogens (tertiary/aromatic N) is 5. The number of aryl methyl sites for hydroxylation is 3. The molecule has 8 nitrogen and oxygen atoms in total.